The minimum absolute atomic E-state index is 0.368. The van der Waals surface area contributed by atoms with Gasteiger partial charge in [-0.1, -0.05) is 12.1 Å². The van der Waals surface area contributed by atoms with Gasteiger partial charge in [-0.25, -0.2) is 0 Å². The van der Waals surface area contributed by atoms with Gasteiger partial charge in [0.15, 0.2) is 0 Å². The average molecular weight is 312 g/mol. The molecular formula is C19H24N2O. The molecule has 3 saturated heterocycles. The van der Waals surface area contributed by atoms with Crippen LogP contribution in [0.2, 0.25) is 0 Å². The monoisotopic (exact) mass is 311 g/mol. The van der Waals surface area contributed by atoms with Crippen molar-refractivity contribution in [2.75, 3.05) is 26.1 Å². The molecule has 3 fully saturated rings. The number of benzene rings is 1. The van der Waals surface area contributed by atoms with Gasteiger partial charge in [0.25, 0.3) is 5.91 Å². The topological polar surface area (TPSA) is 23.6 Å². The first kappa shape index (κ1) is 5.07. The molecule has 22 heavy (non-hydrogen) atoms. The van der Waals surface area contributed by atoms with Gasteiger partial charge >= 0.3 is 0 Å². The Labute approximate surface area is 153 Å². The van der Waals surface area contributed by atoms with Crippen LogP contribution in [-0.2, 0) is 6.37 Å². The molecular weight excluding hydrogens is 272 g/mol. The van der Waals surface area contributed by atoms with Gasteiger partial charge in [0, 0.05) is 49.7 Å². The maximum atomic E-state index is 13.9. The predicted molar refractivity (Wildman–Crippen MR) is 86.1 cm³/mol. The highest BCUT2D eigenvalue weighted by molar-refractivity contribution is 5.97. The Balaban J connectivity index is 1.82. The van der Waals surface area contributed by atoms with E-state index in [0.29, 0.717) is 9.80 Å². The van der Waals surface area contributed by atoms with Gasteiger partial charge in [0.05, 0.1) is 1.37 Å². The van der Waals surface area contributed by atoms with Crippen molar-refractivity contribution >= 4 is 5.91 Å². The number of fused-ring (bicyclic) bond motifs is 3. The molecule has 0 aromatic heterocycles. The molecule has 4 aliphatic heterocycles. The maximum Gasteiger partial charge on any atom is 0.254 e. The number of nitrogens with zero attached hydrogens (tertiary/aromatic N) is 2. The van der Waals surface area contributed by atoms with Crippen LogP contribution in [0, 0.1) is 5.89 Å². The second-order valence-electron chi connectivity index (χ2n) is 5.55. The van der Waals surface area contributed by atoms with Gasteiger partial charge in [-0.2, -0.15) is 0 Å². The fraction of sp³-hybridized carbons (Fsp3) is 0.632. The standard InChI is InChI=1S/C19H24N2O/c22-19-16-6-2-4-14-3-1-5-15(18(14)16)11-21(19)17-12-20-9-7-13(17)8-10-20/h2,4,6,13,15,17H,1,3,5,7-12H2/t15-,17-/m1/s1/i1D2,3D2,5D2,7D2,9D2,12D2,13D,15D,17D/t13-,15+,17+/m0. The van der Waals surface area contributed by atoms with Crippen molar-refractivity contribution in [3.63, 3.8) is 0 Å². The molecule has 2 bridgehead atoms. The molecule has 4 atom stereocenters. The summed E-state index contributed by atoms with van der Waals surface area (Å²) in [6.45, 7) is -7.86. The van der Waals surface area contributed by atoms with Crippen LogP contribution in [-0.4, -0.2) is 47.8 Å². The number of rotatable bonds is 1. The molecule has 0 radical (unpaired) electrons. The van der Waals surface area contributed by atoms with Crippen LogP contribution in [0.4, 0.5) is 0 Å². The number of hydrogen-bond acceptors (Lipinski definition) is 2. The minimum Gasteiger partial charge on any atom is -0.333 e. The van der Waals surface area contributed by atoms with Crippen LogP contribution in [0.3, 0.4) is 0 Å². The highest BCUT2D eigenvalue weighted by Gasteiger charge is 2.43. The first-order chi connectivity index (χ1) is 16.4. The van der Waals surface area contributed by atoms with E-state index < -0.39 is 98.4 Å². The zero-order valence-corrected chi connectivity index (χ0v) is 11.7. The van der Waals surface area contributed by atoms with E-state index in [1.165, 1.54) is 6.07 Å². The highest BCUT2D eigenvalue weighted by atomic mass is 16.2. The zero-order chi connectivity index (χ0) is 28.2. The summed E-state index contributed by atoms with van der Waals surface area (Å²) in [5.74, 6) is -6.87. The van der Waals surface area contributed by atoms with Crippen LogP contribution in [0.1, 0.15) is 73.5 Å². The van der Waals surface area contributed by atoms with Crippen molar-refractivity contribution < 1.29 is 25.4 Å². The van der Waals surface area contributed by atoms with E-state index in [9.17, 15) is 7.54 Å². The van der Waals surface area contributed by atoms with Crippen molar-refractivity contribution in [3.05, 3.63) is 34.9 Å². The van der Waals surface area contributed by atoms with Crippen LogP contribution in [0.15, 0.2) is 18.2 Å². The minimum atomic E-state index is -3.34. The first-order valence-corrected chi connectivity index (χ1v) is 7.18. The number of hydrogen-bond donors (Lipinski definition) is 0. The fourth-order valence-electron chi connectivity index (χ4n) is 3.23. The van der Waals surface area contributed by atoms with E-state index >= 15 is 0 Å². The Hall–Kier alpha value is -1.35. The zero-order valence-electron chi connectivity index (χ0n) is 26.7. The third-order valence-electron chi connectivity index (χ3n) is 4.29. The van der Waals surface area contributed by atoms with E-state index in [4.69, 9.17) is 17.8 Å². The SMILES string of the molecule is [2H]C1([2H])c2cccc3c2[C@@]([2H])(CN([C@]2([2H])C([2H])([2H])N4CC[C@]2([2H])C([2H])([2H])C4([2H])[2H])C3=O)C([2H])([2H])C1([2H])[2H]. The van der Waals surface area contributed by atoms with Gasteiger partial charge in [0.1, 0.15) is 0 Å². The lowest BCUT2D eigenvalue weighted by molar-refractivity contribution is 0.00258. The lowest BCUT2D eigenvalue weighted by Gasteiger charge is -2.51. The van der Waals surface area contributed by atoms with Crippen molar-refractivity contribution in [1.82, 2.24) is 9.80 Å². The van der Waals surface area contributed by atoms with E-state index in [-0.39, 0.29) is 0 Å². The normalized spacial score (nSPS) is 70.2. The molecule has 1 aromatic rings. The fourth-order valence-corrected chi connectivity index (χ4v) is 3.23. The number of amides is 1. The maximum absolute atomic E-state index is 13.9. The van der Waals surface area contributed by atoms with Gasteiger partial charge in [-0.05, 0) is 68.0 Å². The predicted octanol–water partition coefficient (Wildman–Crippen LogP) is 2.66. The number of aryl methyl sites for hydroxylation is 1. The Morgan fingerprint density at radius 3 is 3.23 bits per heavy atom. The second kappa shape index (κ2) is 4.82. The molecule has 6 rings (SSSR count). The summed E-state index contributed by atoms with van der Waals surface area (Å²) < 4.78 is 129. The third-order valence-corrected chi connectivity index (χ3v) is 4.29. The lowest BCUT2D eigenvalue weighted by Crippen LogP contribution is -2.60. The average Bonchev–Trinajstić information content (AvgIpc) is 2.77. The third kappa shape index (κ3) is 1.81. The summed E-state index contributed by atoms with van der Waals surface area (Å²) in [6, 6.07) is 0.252. The molecule has 0 spiro atoms. The van der Waals surface area contributed by atoms with E-state index in [1.54, 1.807) is 0 Å². The van der Waals surface area contributed by atoms with Crippen LogP contribution >= 0.6 is 0 Å². The molecule has 4 heterocycles. The van der Waals surface area contributed by atoms with Crippen LogP contribution < -0.4 is 0 Å². The molecule has 1 unspecified atom stereocenters. The van der Waals surface area contributed by atoms with Gasteiger partial charge in [-0.15, -0.1) is 0 Å². The number of carbonyl (C=O) groups is 1. The highest BCUT2D eigenvalue weighted by Crippen LogP contribution is 2.41. The van der Waals surface area contributed by atoms with Gasteiger partial charge in [0.2, 0.25) is 0 Å². The van der Waals surface area contributed by atoms with Crippen molar-refractivity contribution in [2.45, 2.75) is 43.8 Å². The van der Waals surface area contributed by atoms with Crippen LogP contribution in [0.5, 0.6) is 0 Å². The molecule has 0 saturated carbocycles. The van der Waals surface area contributed by atoms with Crippen molar-refractivity contribution in [3.8, 4) is 0 Å². The number of carbonyl (C=O) groups excluding carboxylic acids is 1. The summed E-state index contributed by atoms with van der Waals surface area (Å²) in [6.07, 6.45) is -13.4. The largest absolute Gasteiger partial charge is 0.333 e. The molecule has 3 heteroatoms. The van der Waals surface area contributed by atoms with E-state index in [2.05, 4.69) is 0 Å². The quantitative estimate of drug-likeness (QED) is 0.796. The molecule has 1 aliphatic carbocycles. The van der Waals surface area contributed by atoms with Crippen molar-refractivity contribution in [1.29, 1.82) is 0 Å². The summed E-state index contributed by atoms with van der Waals surface area (Å²) in [5.41, 5.74) is -1.35. The Morgan fingerprint density at radius 2 is 2.27 bits per heavy atom. The summed E-state index contributed by atoms with van der Waals surface area (Å²) >= 11 is 0. The molecule has 1 aromatic carbocycles. The first-order valence-electron chi connectivity index (χ1n) is 14.7. The van der Waals surface area contributed by atoms with E-state index in [0.717, 1.165) is 12.1 Å². The summed E-state index contributed by atoms with van der Waals surface area (Å²) in [5, 5.41) is 0. The Morgan fingerprint density at radius 1 is 1.32 bits per heavy atom. The Kier molecular flexibility index (Phi) is 1.11. The molecule has 1 amide bonds. The smallest absolute Gasteiger partial charge is 0.254 e. The Bertz CT molecular complexity index is 1230. The second-order valence-corrected chi connectivity index (χ2v) is 5.55. The molecule has 5 aliphatic rings. The number of piperidine rings is 3. The van der Waals surface area contributed by atoms with Crippen molar-refractivity contribution in [2.24, 2.45) is 5.89 Å². The van der Waals surface area contributed by atoms with Gasteiger partial charge in [-0.3, -0.25) is 4.79 Å². The lowest BCUT2D eigenvalue weighted by atomic mass is 9.75. The molecule has 0 N–H and O–H groups in total. The van der Waals surface area contributed by atoms with Gasteiger partial charge < -0.3 is 9.80 Å². The summed E-state index contributed by atoms with van der Waals surface area (Å²) in [7, 11) is 0. The van der Waals surface area contributed by atoms with E-state index in [1.807, 2.05) is 0 Å². The summed E-state index contributed by atoms with van der Waals surface area (Å²) in [4.78, 5) is 14.7. The van der Waals surface area contributed by atoms with Crippen LogP contribution in [0.25, 0.3) is 0 Å². The molecule has 116 valence electrons. The molecule has 3 nitrogen and oxygen atoms in total.